The molecule has 0 radical (unpaired) electrons. The molecule has 2 aromatic carbocycles. The lowest BCUT2D eigenvalue weighted by Crippen LogP contribution is -2.14. The van der Waals surface area contributed by atoms with E-state index in [1.807, 2.05) is 6.07 Å². The van der Waals surface area contributed by atoms with Crippen LogP contribution in [0.4, 0.5) is 5.69 Å². The molecule has 0 fully saturated rings. The van der Waals surface area contributed by atoms with Gasteiger partial charge in [0.1, 0.15) is 0 Å². The predicted octanol–water partition coefficient (Wildman–Crippen LogP) is 4.00. The zero-order valence-electron chi connectivity index (χ0n) is 12.5. The Balaban J connectivity index is 1.81. The van der Waals surface area contributed by atoms with E-state index in [-0.39, 0.29) is 11.9 Å². The highest BCUT2D eigenvalue weighted by Gasteiger charge is 2.07. The maximum atomic E-state index is 11.9. The quantitative estimate of drug-likeness (QED) is 0.801. The van der Waals surface area contributed by atoms with Crippen molar-refractivity contribution in [1.29, 1.82) is 0 Å². The molecule has 1 N–H and O–H groups in total. The van der Waals surface area contributed by atoms with Crippen molar-refractivity contribution >= 4 is 40.9 Å². The molecule has 0 aromatic heterocycles. The Bertz CT molecular complexity index is 688. The fourth-order valence-corrected chi connectivity index (χ4v) is 2.80. The van der Waals surface area contributed by atoms with Crippen molar-refractivity contribution in [2.75, 3.05) is 18.2 Å². The highest BCUT2D eigenvalue weighted by molar-refractivity contribution is 7.99. The molecule has 0 heterocycles. The van der Waals surface area contributed by atoms with Crippen molar-refractivity contribution in [2.45, 2.75) is 5.75 Å². The number of methoxy groups -OCH3 is 1. The minimum absolute atomic E-state index is 0.0820. The molecule has 0 aliphatic heterocycles. The van der Waals surface area contributed by atoms with Crippen LogP contribution in [0.25, 0.3) is 0 Å². The van der Waals surface area contributed by atoms with Crippen molar-refractivity contribution in [3.63, 3.8) is 0 Å². The molecule has 0 atom stereocenters. The first-order chi connectivity index (χ1) is 11.1. The van der Waals surface area contributed by atoms with Crippen LogP contribution in [0.2, 0.25) is 5.02 Å². The van der Waals surface area contributed by atoms with Gasteiger partial charge in [-0.15, -0.1) is 11.8 Å². The number of carbonyl (C=O) groups excluding carboxylic acids is 2. The molecule has 0 spiro atoms. The molecule has 2 rings (SSSR count). The van der Waals surface area contributed by atoms with Crippen LogP contribution >= 0.6 is 23.4 Å². The summed E-state index contributed by atoms with van der Waals surface area (Å²) < 4.78 is 4.69. The van der Waals surface area contributed by atoms with Gasteiger partial charge in [-0.1, -0.05) is 23.7 Å². The Kier molecular flexibility index (Phi) is 6.50. The van der Waals surface area contributed by atoms with Gasteiger partial charge in [0.15, 0.2) is 0 Å². The zero-order chi connectivity index (χ0) is 16.7. The van der Waals surface area contributed by atoms with Gasteiger partial charge in [0.05, 0.1) is 18.4 Å². The van der Waals surface area contributed by atoms with Crippen LogP contribution in [0.1, 0.15) is 15.9 Å². The largest absolute Gasteiger partial charge is 0.465 e. The van der Waals surface area contributed by atoms with E-state index in [1.54, 1.807) is 42.5 Å². The zero-order valence-corrected chi connectivity index (χ0v) is 14.1. The lowest BCUT2D eigenvalue weighted by Gasteiger charge is -2.06. The number of amides is 1. The van der Waals surface area contributed by atoms with Crippen molar-refractivity contribution < 1.29 is 14.3 Å². The molecular formula is C17H16ClNO3S. The van der Waals surface area contributed by atoms with Crippen LogP contribution in [0.5, 0.6) is 0 Å². The number of ether oxygens (including phenoxy) is 1. The van der Waals surface area contributed by atoms with E-state index in [4.69, 9.17) is 11.6 Å². The molecule has 0 saturated carbocycles. The molecule has 0 saturated heterocycles. The molecule has 120 valence electrons. The molecule has 0 aliphatic carbocycles. The number of halogens is 1. The average Bonchev–Trinajstić information content (AvgIpc) is 2.56. The number of esters is 1. The van der Waals surface area contributed by atoms with Crippen molar-refractivity contribution in [3.8, 4) is 0 Å². The summed E-state index contributed by atoms with van der Waals surface area (Å²) in [4.78, 5) is 23.3. The molecule has 0 unspecified atom stereocenters. The monoisotopic (exact) mass is 349 g/mol. The second-order valence-electron chi connectivity index (χ2n) is 4.74. The SMILES string of the molecule is COC(=O)c1cccc(CSCC(=O)Nc2ccc(Cl)cc2)c1. The van der Waals surface area contributed by atoms with E-state index in [9.17, 15) is 9.59 Å². The smallest absolute Gasteiger partial charge is 0.337 e. The van der Waals surface area contributed by atoms with E-state index in [1.165, 1.54) is 18.9 Å². The standard InChI is InChI=1S/C17H16ClNO3S/c1-22-17(21)13-4-2-3-12(9-13)10-23-11-16(20)19-15-7-5-14(18)6-8-15/h2-9H,10-11H2,1H3,(H,19,20). The summed E-state index contributed by atoms with van der Waals surface area (Å²) in [5.74, 6) is 0.517. The van der Waals surface area contributed by atoms with Gasteiger partial charge in [-0.3, -0.25) is 4.79 Å². The minimum atomic E-state index is -0.364. The van der Waals surface area contributed by atoms with Gasteiger partial charge in [-0.25, -0.2) is 4.79 Å². The summed E-state index contributed by atoms with van der Waals surface area (Å²) >= 11 is 7.27. The summed E-state index contributed by atoms with van der Waals surface area (Å²) in [5.41, 5.74) is 2.20. The van der Waals surface area contributed by atoms with Gasteiger partial charge in [0.2, 0.25) is 5.91 Å². The minimum Gasteiger partial charge on any atom is -0.465 e. The molecule has 6 heteroatoms. The molecule has 0 aliphatic rings. The molecule has 4 nitrogen and oxygen atoms in total. The predicted molar refractivity (Wildman–Crippen MR) is 94.0 cm³/mol. The van der Waals surface area contributed by atoms with Gasteiger partial charge in [-0.05, 0) is 42.0 Å². The summed E-state index contributed by atoms with van der Waals surface area (Å²) in [6.07, 6.45) is 0. The molecule has 0 bridgehead atoms. The third-order valence-electron chi connectivity index (χ3n) is 2.98. The number of anilines is 1. The van der Waals surface area contributed by atoms with Gasteiger partial charge < -0.3 is 10.1 Å². The summed E-state index contributed by atoms with van der Waals surface area (Å²) in [7, 11) is 1.35. The number of hydrogen-bond acceptors (Lipinski definition) is 4. The van der Waals surface area contributed by atoms with Crippen molar-refractivity contribution in [2.24, 2.45) is 0 Å². The fraction of sp³-hybridized carbons (Fsp3) is 0.176. The van der Waals surface area contributed by atoms with E-state index >= 15 is 0 Å². The lowest BCUT2D eigenvalue weighted by atomic mass is 10.1. The van der Waals surface area contributed by atoms with Crippen molar-refractivity contribution in [1.82, 2.24) is 0 Å². The summed E-state index contributed by atoms with van der Waals surface area (Å²) in [6.45, 7) is 0. The first-order valence-corrected chi connectivity index (χ1v) is 8.42. The molecule has 1 amide bonds. The van der Waals surface area contributed by atoms with Gasteiger partial charge in [0.25, 0.3) is 0 Å². The molecular weight excluding hydrogens is 334 g/mol. The first-order valence-electron chi connectivity index (χ1n) is 6.89. The normalized spacial score (nSPS) is 10.2. The Labute approximate surface area is 144 Å². The van der Waals surface area contributed by atoms with Crippen LogP contribution in [-0.2, 0) is 15.3 Å². The number of rotatable bonds is 6. The highest BCUT2D eigenvalue weighted by Crippen LogP contribution is 2.16. The Morgan fingerprint density at radius 1 is 1.17 bits per heavy atom. The first kappa shape index (κ1) is 17.4. The lowest BCUT2D eigenvalue weighted by molar-refractivity contribution is -0.113. The van der Waals surface area contributed by atoms with E-state index in [0.717, 1.165) is 5.56 Å². The van der Waals surface area contributed by atoms with E-state index in [2.05, 4.69) is 10.1 Å². The Morgan fingerprint density at radius 3 is 2.61 bits per heavy atom. The Morgan fingerprint density at radius 2 is 1.91 bits per heavy atom. The average molecular weight is 350 g/mol. The molecule has 2 aromatic rings. The van der Waals surface area contributed by atoms with Crippen LogP contribution in [0, 0.1) is 0 Å². The molecule has 23 heavy (non-hydrogen) atoms. The topological polar surface area (TPSA) is 55.4 Å². The van der Waals surface area contributed by atoms with Crippen molar-refractivity contribution in [3.05, 3.63) is 64.7 Å². The van der Waals surface area contributed by atoms with Crippen LogP contribution < -0.4 is 5.32 Å². The second-order valence-corrected chi connectivity index (χ2v) is 6.16. The van der Waals surface area contributed by atoms with Crippen LogP contribution in [-0.4, -0.2) is 24.7 Å². The van der Waals surface area contributed by atoms with Gasteiger partial charge in [0, 0.05) is 16.5 Å². The number of thioether (sulfide) groups is 1. The van der Waals surface area contributed by atoms with E-state index < -0.39 is 0 Å². The van der Waals surface area contributed by atoms with Crippen LogP contribution in [0.3, 0.4) is 0 Å². The maximum Gasteiger partial charge on any atom is 0.337 e. The van der Waals surface area contributed by atoms with Crippen LogP contribution in [0.15, 0.2) is 48.5 Å². The number of nitrogens with one attached hydrogen (secondary N) is 1. The third-order valence-corrected chi connectivity index (χ3v) is 4.23. The van der Waals surface area contributed by atoms with E-state index in [0.29, 0.717) is 27.8 Å². The summed E-state index contributed by atoms with van der Waals surface area (Å²) in [6, 6.07) is 14.1. The number of hydrogen-bond donors (Lipinski definition) is 1. The highest BCUT2D eigenvalue weighted by atomic mass is 35.5. The van der Waals surface area contributed by atoms with Gasteiger partial charge >= 0.3 is 5.97 Å². The maximum absolute atomic E-state index is 11.9. The Hall–Kier alpha value is -1.98. The fourth-order valence-electron chi connectivity index (χ4n) is 1.90. The number of carbonyl (C=O) groups is 2. The summed E-state index contributed by atoms with van der Waals surface area (Å²) in [5, 5.41) is 3.43. The number of benzene rings is 2. The third kappa shape index (κ3) is 5.62. The second kappa shape index (κ2) is 8.60. The van der Waals surface area contributed by atoms with Gasteiger partial charge in [-0.2, -0.15) is 0 Å².